The number of ether oxygens (including phenoxy) is 2. The molecule has 1 N–H and O–H groups in total. The van der Waals surface area contributed by atoms with E-state index in [9.17, 15) is 9.59 Å². The maximum Gasteiger partial charge on any atom is 0.262 e. The number of hydrogen-bond acceptors (Lipinski definition) is 7. The number of fused-ring (bicyclic) bond motifs is 1. The Morgan fingerprint density at radius 2 is 2.00 bits per heavy atom. The van der Waals surface area contributed by atoms with E-state index in [-0.39, 0.29) is 17.2 Å². The minimum atomic E-state index is -0.147. The molecule has 0 radical (unpaired) electrons. The number of nitrogens with one attached hydrogen (secondary N) is 1. The lowest BCUT2D eigenvalue weighted by atomic mass is 10.2. The lowest BCUT2D eigenvalue weighted by Gasteiger charge is -2.11. The number of carbonyl (C=O) groups excluding carboxylic acids is 1. The number of thiophene rings is 1. The highest BCUT2D eigenvalue weighted by Crippen LogP contribution is 2.28. The highest BCUT2D eigenvalue weighted by Gasteiger charge is 2.15. The Kier molecular flexibility index (Phi) is 6.81. The maximum absolute atomic E-state index is 12.6. The molecule has 0 atom stereocenters. The van der Waals surface area contributed by atoms with Crippen LogP contribution in [0, 0.1) is 13.8 Å². The first kappa shape index (κ1) is 21.2. The zero-order valence-electron chi connectivity index (χ0n) is 16.8. The molecule has 7 nitrogen and oxygen atoms in total. The van der Waals surface area contributed by atoms with Crippen molar-refractivity contribution in [3.8, 4) is 11.5 Å². The third kappa shape index (κ3) is 4.73. The fourth-order valence-corrected chi connectivity index (χ4v) is 4.63. The van der Waals surface area contributed by atoms with Crippen LogP contribution >= 0.6 is 23.1 Å². The van der Waals surface area contributed by atoms with E-state index in [1.54, 1.807) is 14.2 Å². The Morgan fingerprint density at radius 1 is 1.28 bits per heavy atom. The Bertz CT molecular complexity index is 1090. The topological polar surface area (TPSA) is 82.5 Å². The Balaban J connectivity index is 1.53. The van der Waals surface area contributed by atoms with Crippen LogP contribution in [0.2, 0.25) is 0 Å². The van der Waals surface area contributed by atoms with Gasteiger partial charge in [-0.2, -0.15) is 0 Å². The molecule has 2 heterocycles. The summed E-state index contributed by atoms with van der Waals surface area (Å²) in [7, 11) is 3.27. The van der Waals surface area contributed by atoms with E-state index in [2.05, 4.69) is 10.3 Å². The van der Waals surface area contributed by atoms with Gasteiger partial charge in [-0.1, -0.05) is 23.9 Å². The predicted octanol–water partition coefficient (Wildman–Crippen LogP) is 2.91. The fraction of sp³-hybridized carbons (Fsp3) is 0.350. The van der Waals surface area contributed by atoms with Gasteiger partial charge in [0.25, 0.3) is 5.56 Å². The van der Waals surface area contributed by atoms with E-state index < -0.39 is 0 Å². The molecule has 0 aliphatic rings. The normalized spacial score (nSPS) is 10.9. The van der Waals surface area contributed by atoms with Crippen molar-refractivity contribution in [3.05, 3.63) is 45.1 Å². The highest BCUT2D eigenvalue weighted by atomic mass is 32.2. The van der Waals surface area contributed by atoms with Crippen molar-refractivity contribution in [2.24, 2.45) is 7.05 Å². The number of aromatic nitrogens is 2. The van der Waals surface area contributed by atoms with Crippen molar-refractivity contribution in [3.63, 3.8) is 0 Å². The number of amides is 1. The average molecular weight is 434 g/mol. The van der Waals surface area contributed by atoms with Crippen molar-refractivity contribution >= 4 is 39.2 Å². The largest absolute Gasteiger partial charge is 0.493 e. The first-order chi connectivity index (χ1) is 13.9. The summed E-state index contributed by atoms with van der Waals surface area (Å²) in [6, 6.07) is 7.35. The summed E-state index contributed by atoms with van der Waals surface area (Å²) in [4.78, 5) is 31.1. The van der Waals surface area contributed by atoms with E-state index >= 15 is 0 Å². The van der Waals surface area contributed by atoms with Gasteiger partial charge in [-0.25, -0.2) is 4.98 Å². The standard InChI is InChI=1S/C20H23N3O4S2/c1-12-13(2)29-18-17(12)19(25)23(3)20(22-18)28-11-16(24)21-9-10-27-15-8-6-5-7-14(15)26-4/h5-8H,9-11H2,1-4H3,(H,21,24). The van der Waals surface area contributed by atoms with Crippen LogP contribution in [0.5, 0.6) is 11.5 Å². The summed E-state index contributed by atoms with van der Waals surface area (Å²) in [6.45, 7) is 4.61. The number of hydrogen-bond donors (Lipinski definition) is 1. The lowest BCUT2D eigenvalue weighted by Crippen LogP contribution is -2.30. The molecular weight excluding hydrogens is 410 g/mol. The van der Waals surface area contributed by atoms with Gasteiger partial charge in [0.2, 0.25) is 5.91 Å². The number of para-hydroxylation sites is 2. The monoisotopic (exact) mass is 433 g/mol. The molecule has 1 aromatic carbocycles. The number of carbonyl (C=O) groups is 1. The number of methoxy groups -OCH3 is 1. The van der Waals surface area contributed by atoms with Gasteiger partial charge in [0.15, 0.2) is 16.7 Å². The number of rotatable bonds is 8. The molecule has 154 valence electrons. The van der Waals surface area contributed by atoms with Crippen molar-refractivity contribution in [2.75, 3.05) is 26.0 Å². The van der Waals surface area contributed by atoms with Gasteiger partial charge in [-0.3, -0.25) is 14.2 Å². The minimum Gasteiger partial charge on any atom is -0.493 e. The molecule has 0 aliphatic carbocycles. The molecule has 0 unspecified atom stereocenters. The van der Waals surface area contributed by atoms with Gasteiger partial charge >= 0.3 is 0 Å². The molecular formula is C20H23N3O4S2. The quantitative estimate of drug-likeness (QED) is 0.334. The number of aryl methyl sites for hydroxylation is 2. The zero-order chi connectivity index (χ0) is 21.0. The maximum atomic E-state index is 12.6. The third-order valence-electron chi connectivity index (χ3n) is 4.45. The molecule has 0 aliphatic heterocycles. The van der Waals surface area contributed by atoms with Crippen LogP contribution in [0.15, 0.2) is 34.2 Å². The van der Waals surface area contributed by atoms with Crippen LogP contribution in [0.1, 0.15) is 10.4 Å². The molecule has 0 saturated carbocycles. The van der Waals surface area contributed by atoms with Gasteiger partial charge in [-0.15, -0.1) is 11.3 Å². The molecule has 2 aromatic heterocycles. The van der Waals surface area contributed by atoms with Crippen molar-refractivity contribution in [1.82, 2.24) is 14.9 Å². The summed E-state index contributed by atoms with van der Waals surface area (Å²) >= 11 is 2.75. The molecule has 1 amide bonds. The van der Waals surface area contributed by atoms with Gasteiger partial charge in [0, 0.05) is 11.9 Å². The van der Waals surface area contributed by atoms with Crippen molar-refractivity contribution in [1.29, 1.82) is 0 Å². The van der Waals surface area contributed by atoms with Crippen LogP contribution < -0.4 is 20.3 Å². The molecule has 3 rings (SSSR count). The van der Waals surface area contributed by atoms with Crippen LogP contribution in [-0.2, 0) is 11.8 Å². The Hall–Kier alpha value is -2.52. The van der Waals surface area contributed by atoms with Crippen molar-refractivity contribution < 1.29 is 14.3 Å². The summed E-state index contributed by atoms with van der Waals surface area (Å²) < 4.78 is 12.4. The Morgan fingerprint density at radius 3 is 2.72 bits per heavy atom. The van der Waals surface area contributed by atoms with Crippen molar-refractivity contribution in [2.45, 2.75) is 19.0 Å². The molecule has 0 spiro atoms. The molecule has 29 heavy (non-hydrogen) atoms. The number of thioether (sulfide) groups is 1. The molecule has 0 bridgehead atoms. The summed E-state index contributed by atoms with van der Waals surface area (Å²) in [5.74, 6) is 1.30. The van der Waals surface area contributed by atoms with Crippen LogP contribution in [-0.4, -0.2) is 41.5 Å². The number of nitrogens with zero attached hydrogens (tertiary/aromatic N) is 2. The van der Waals surface area contributed by atoms with Gasteiger partial charge < -0.3 is 14.8 Å². The first-order valence-electron chi connectivity index (χ1n) is 9.04. The molecule has 3 aromatic rings. The van der Waals surface area contributed by atoms with E-state index in [0.29, 0.717) is 35.2 Å². The van der Waals surface area contributed by atoms with Crippen LogP contribution in [0.4, 0.5) is 0 Å². The van der Waals surface area contributed by atoms with Crippen LogP contribution in [0.3, 0.4) is 0 Å². The Labute approximate surface area is 177 Å². The first-order valence-corrected chi connectivity index (χ1v) is 10.8. The van der Waals surface area contributed by atoms with Gasteiger partial charge in [0.1, 0.15) is 11.4 Å². The molecule has 9 heteroatoms. The second-order valence-electron chi connectivity index (χ2n) is 6.36. The minimum absolute atomic E-state index is 0.0787. The van der Waals surface area contributed by atoms with Crippen LogP contribution in [0.25, 0.3) is 10.2 Å². The second kappa shape index (κ2) is 9.32. The van der Waals surface area contributed by atoms with E-state index in [1.807, 2.05) is 38.1 Å². The van der Waals surface area contributed by atoms with E-state index in [1.165, 1.54) is 27.7 Å². The van der Waals surface area contributed by atoms with E-state index in [0.717, 1.165) is 15.3 Å². The second-order valence-corrected chi connectivity index (χ2v) is 8.51. The fourth-order valence-electron chi connectivity index (χ4n) is 2.76. The summed E-state index contributed by atoms with van der Waals surface area (Å²) in [6.07, 6.45) is 0. The van der Waals surface area contributed by atoms with Gasteiger partial charge in [-0.05, 0) is 31.5 Å². The summed E-state index contributed by atoms with van der Waals surface area (Å²) in [5, 5.41) is 4.00. The highest BCUT2D eigenvalue weighted by molar-refractivity contribution is 7.99. The number of benzene rings is 1. The average Bonchev–Trinajstić information content (AvgIpc) is 3.00. The summed E-state index contributed by atoms with van der Waals surface area (Å²) in [5.41, 5.74) is 0.896. The smallest absolute Gasteiger partial charge is 0.262 e. The predicted molar refractivity (Wildman–Crippen MR) is 117 cm³/mol. The third-order valence-corrected chi connectivity index (χ3v) is 6.58. The molecule has 0 saturated heterocycles. The van der Waals surface area contributed by atoms with Gasteiger partial charge in [0.05, 0.1) is 24.8 Å². The lowest BCUT2D eigenvalue weighted by molar-refractivity contribution is -0.118. The molecule has 0 fully saturated rings. The van der Waals surface area contributed by atoms with E-state index in [4.69, 9.17) is 9.47 Å². The zero-order valence-corrected chi connectivity index (χ0v) is 18.4. The SMILES string of the molecule is COc1ccccc1OCCNC(=O)CSc1nc2sc(C)c(C)c2c(=O)n1C.